The van der Waals surface area contributed by atoms with Gasteiger partial charge in [0.1, 0.15) is 5.60 Å². The van der Waals surface area contributed by atoms with Gasteiger partial charge in [0, 0.05) is 31.3 Å². The number of rotatable bonds is 1. The van der Waals surface area contributed by atoms with E-state index in [0.29, 0.717) is 12.3 Å². The number of esters is 1. The van der Waals surface area contributed by atoms with Crippen LogP contribution in [0.5, 0.6) is 5.75 Å². The van der Waals surface area contributed by atoms with Crippen molar-refractivity contribution in [2.24, 2.45) is 0 Å². The summed E-state index contributed by atoms with van der Waals surface area (Å²) in [6, 6.07) is 1.78. The van der Waals surface area contributed by atoms with Crippen molar-refractivity contribution in [3.63, 3.8) is 0 Å². The van der Waals surface area contributed by atoms with E-state index in [1.165, 1.54) is 13.3 Å². The molecule has 1 aliphatic heterocycles. The topological polar surface area (TPSA) is 55.8 Å². The standard InChI is InChI=1S/C18H21NO4S.CH3Cl/c1-10-9-24-16-14(22-11(2)20)8-13-12(15(10)16)6-7-19(13)17(21)23-18(3,4)5;1-2/h8-9H,6-7H2,1-5H3;1H3. The lowest BCUT2D eigenvalue weighted by Gasteiger charge is -2.25. The first kappa shape index (κ1) is 20.5. The molecule has 7 heteroatoms. The summed E-state index contributed by atoms with van der Waals surface area (Å²) in [7, 11) is 0. The summed E-state index contributed by atoms with van der Waals surface area (Å²) in [4.78, 5) is 25.6. The fourth-order valence-corrected chi connectivity index (χ4v) is 4.01. The van der Waals surface area contributed by atoms with Crippen LogP contribution in [0.2, 0.25) is 0 Å². The van der Waals surface area contributed by atoms with Crippen molar-refractivity contribution < 1.29 is 19.1 Å². The lowest BCUT2D eigenvalue weighted by Crippen LogP contribution is -2.35. The highest BCUT2D eigenvalue weighted by atomic mass is 35.5. The molecule has 0 atom stereocenters. The van der Waals surface area contributed by atoms with Crippen LogP contribution in [-0.4, -0.2) is 30.6 Å². The average Bonchev–Trinajstić information content (AvgIpc) is 3.11. The van der Waals surface area contributed by atoms with Crippen LogP contribution >= 0.6 is 22.9 Å². The van der Waals surface area contributed by atoms with Crippen LogP contribution in [-0.2, 0) is 16.0 Å². The first-order valence-electron chi connectivity index (χ1n) is 8.28. The summed E-state index contributed by atoms with van der Waals surface area (Å²) in [6.07, 6.45) is 1.87. The van der Waals surface area contributed by atoms with E-state index in [0.717, 1.165) is 33.3 Å². The van der Waals surface area contributed by atoms with Crippen LogP contribution in [0.3, 0.4) is 0 Å². The lowest BCUT2D eigenvalue weighted by atomic mass is 10.0. The number of aryl methyl sites for hydroxylation is 1. The maximum Gasteiger partial charge on any atom is 0.414 e. The van der Waals surface area contributed by atoms with Crippen molar-refractivity contribution in [2.45, 2.75) is 46.6 Å². The highest BCUT2D eigenvalue weighted by molar-refractivity contribution is 7.17. The molecule has 0 fully saturated rings. The maximum atomic E-state index is 12.5. The van der Waals surface area contributed by atoms with Gasteiger partial charge in [0.25, 0.3) is 0 Å². The molecule has 1 amide bonds. The first-order valence-corrected chi connectivity index (χ1v) is 9.91. The number of carbonyl (C=O) groups is 2. The molecule has 1 aliphatic rings. The highest BCUT2D eigenvalue weighted by Gasteiger charge is 2.32. The van der Waals surface area contributed by atoms with Crippen LogP contribution in [0.25, 0.3) is 10.1 Å². The molecule has 142 valence electrons. The predicted octanol–water partition coefficient (Wildman–Crippen LogP) is 5.29. The quantitative estimate of drug-likeness (QED) is 0.373. The lowest BCUT2D eigenvalue weighted by molar-refractivity contribution is -0.131. The molecule has 0 bridgehead atoms. The maximum absolute atomic E-state index is 12.5. The van der Waals surface area contributed by atoms with Gasteiger partial charge in [-0.15, -0.1) is 22.9 Å². The van der Waals surface area contributed by atoms with Gasteiger partial charge >= 0.3 is 12.1 Å². The normalized spacial score (nSPS) is 13.1. The summed E-state index contributed by atoms with van der Waals surface area (Å²) in [6.45, 7) is 9.52. The number of nitrogens with zero attached hydrogens (tertiary/aromatic N) is 1. The first-order chi connectivity index (χ1) is 12.2. The molecule has 3 rings (SSSR count). The molecule has 5 nitrogen and oxygen atoms in total. The van der Waals surface area contributed by atoms with Gasteiger partial charge in [0.05, 0.1) is 10.4 Å². The minimum Gasteiger partial charge on any atom is -0.443 e. The molecular weight excluding hydrogens is 374 g/mol. The molecule has 0 saturated carbocycles. The average molecular weight is 398 g/mol. The number of alkyl halides is 1. The van der Waals surface area contributed by atoms with Gasteiger partial charge in [0.15, 0.2) is 5.75 Å². The Hall–Kier alpha value is -1.79. The summed E-state index contributed by atoms with van der Waals surface area (Å²) in [5.74, 6) is 0.133. The number of hydrogen-bond donors (Lipinski definition) is 0. The van der Waals surface area contributed by atoms with Crippen LogP contribution in [0.4, 0.5) is 10.5 Å². The van der Waals surface area contributed by atoms with Gasteiger partial charge in [-0.3, -0.25) is 9.69 Å². The van der Waals surface area contributed by atoms with Gasteiger partial charge in [-0.2, -0.15) is 0 Å². The third-order valence-corrected chi connectivity index (χ3v) is 4.93. The molecule has 0 unspecified atom stereocenters. The van der Waals surface area contributed by atoms with E-state index >= 15 is 0 Å². The molecule has 0 spiro atoms. The zero-order valence-electron chi connectivity index (χ0n) is 15.9. The molecule has 0 saturated heterocycles. The van der Waals surface area contributed by atoms with E-state index in [4.69, 9.17) is 9.47 Å². The largest absolute Gasteiger partial charge is 0.443 e. The van der Waals surface area contributed by atoms with Crippen molar-refractivity contribution in [1.82, 2.24) is 0 Å². The molecule has 2 aromatic rings. The molecule has 2 heterocycles. The second-order valence-electron chi connectivity index (χ2n) is 6.97. The van der Waals surface area contributed by atoms with E-state index in [1.807, 2.05) is 33.1 Å². The Morgan fingerprint density at radius 3 is 2.50 bits per heavy atom. The summed E-state index contributed by atoms with van der Waals surface area (Å²) in [5, 5.41) is 3.13. The molecule has 1 aromatic heterocycles. The summed E-state index contributed by atoms with van der Waals surface area (Å²) >= 11 is 6.20. The van der Waals surface area contributed by atoms with E-state index in [9.17, 15) is 9.59 Å². The van der Waals surface area contributed by atoms with E-state index < -0.39 is 5.60 Å². The van der Waals surface area contributed by atoms with Gasteiger partial charge in [-0.05, 0) is 50.6 Å². The number of halogens is 1. The third kappa shape index (κ3) is 4.13. The number of benzene rings is 1. The molecule has 26 heavy (non-hydrogen) atoms. The Balaban J connectivity index is 0.00000117. The van der Waals surface area contributed by atoms with Crippen LogP contribution in [0.1, 0.15) is 38.8 Å². The minimum atomic E-state index is -0.555. The summed E-state index contributed by atoms with van der Waals surface area (Å²) in [5.41, 5.74) is 2.47. The van der Waals surface area contributed by atoms with Crippen molar-refractivity contribution in [3.05, 3.63) is 22.6 Å². The fraction of sp³-hybridized carbons (Fsp3) is 0.474. The Morgan fingerprint density at radius 1 is 1.27 bits per heavy atom. The van der Waals surface area contributed by atoms with E-state index in [2.05, 4.69) is 11.6 Å². The molecule has 1 aromatic carbocycles. The monoisotopic (exact) mass is 397 g/mol. The predicted molar refractivity (Wildman–Crippen MR) is 107 cm³/mol. The van der Waals surface area contributed by atoms with Crippen molar-refractivity contribution >= 4 is 50.8 Å². The van der Waals surface area contributed by atoms with Crippen LogP contribution in [0.15, 0.2) is 11.4 Å². The smallest absolute Gasteiger partial charge is 0.414 e. The Labute approximate surface area is 162 Å². The van der Waals surface area contributed by atoms with Crippen molar-refractivity contribution in [2.75, 3.05) is 17.8 Å². The molecule has 0 radical (unpaired) electrons. The van der Waals surface area contributed by atoms with Gasteiger partial charge in [-0.25, -0.2) is 4.79 Å². The zero-order chi connectivity index (χ0) is 19.6. The van der Waals surface area contributed by atoms with E-state index in [-0.39, 0.29) is 12.1 Å². The summed E-state index contributed by atoms with van der Waals surface area (Å²) < 4.78 is 11.8. The number of anilines is 1. The highest BCUT2D eigenvalue weighted by Crippen LogP contribution is 2.44. The SMILES string of the molecule is CC(=O)Oc1cc2c(c3c(C)csc13)CCN2C(=O)OC(C)(C)C.CCl. The second-order valence-corrected chi connectivity index (χ2v) is 7.85. The minimum absolute atomic E-state index is 0.371. The van der Waals surface area contributed by atoms with Gasteiger partial charge in [-0.1, -0.05) is 0 Å². The Morgan fingerprint density at radius 2 is 1.92 bits per heavy atom. The Bertz CT molecular complexity index is 838. The number of carbonyl (C=O) groups excluding carboxylic acids is 2. The Kier molecular flexibility index (Phi) is 6.19. The third-order valence-electron chi connectivity index (χ3n) is 3.82. The number of hydrogen-bond acceptors (Lipinski definition) is 5. The number of thiophene rings is 1. The second kappa shape index (κ2) is 7.84. The zero-order valence-corrected chi connectivity index (χ0v) is 17.5. The van der Waals surface area contributed by atoms with Crippen molar-refractivity contribution in [3.8, 4) is 5.75 Å². The number of ether oxygens (including phenoxy) is 2. The number of fused-ring (bicyclic) bond motifs is 3. The molecule has 0 N–H and O–H groups in total. The molecular formula is C19H24ClNO4S. The van der Waals surface area contributed by atoms with Gasteiger partial charge < -0.3 is 9.47 Å². The van der Waals surface area contributed by atoms with Crippen molar-refractivity contribution in [1.29, 1.82) is 0 Å². The number of amides is 1. The van der Waals surface area contributed by atoms with Gasteiger partial charge in [0.2, 0.25) is 0 Å². The van der Waals surface area contributed by atoms with Crippen LogP contribution in [0, 0.1) is 6.92 Å². The fourth-order valence-electron chi connectivity index (χ4n) is 2.98. The molecule has 0 aliphatic carbocycles. The van der Waals surface area contributed by atoms with Crippen LogP contribution < -0.4 is 9.64 Å². The van der Waals surface area contributed by atoms with E-state index in [1.54, 1.807) is 22.3 Å².